The highest BCUT2D eigenvalue weighted by Crippen LogP contribution is 2.43. The summed E-state index contributed by atoms with van der Waals surface area (Å²) < 4.78 is 30.9. The number of allylic oxidation sites excluding steroid dienone is 15. The summed E-state index contributed by atoms with van der Waals surface area (Å²) in [5.74, 6) is -0.516. The Balaban J connectivity index is 5.12. The molecular weight excluding hydrogens is 1100 g/mol. The summed E-state index contributed by atoms with van der Waals surface area (Å²) in [7, 11) is 1.49. The number of hydrogen-bond acceptors (Lipinski definition) is 6. The summed E-state index contributed by atoms with van der Waals surface area (Å²) in [6.45, 7) is 6.92. The van der Waals surface area contributed by atoms with Gasteiger partial charge in [-0.15, -0.1) is 0 Å². The smallest absolute Gasteiger partial charge is 0.456 e. The number of carbonyl (C=O) groups excluding carboxylic acids is 2. The standard InChI is InChI=1S/C77H139N2O7P/c1-7-10-13-16-19-22-25-28-30-32-34-36-38-39-41-43-45-47-49-52-55-58-61-64-67-70-77(81)86-75(68-65-62-59-56-53-50-27-24-21-18-15-12-9-3)74(73-85-87(82,83)84-72-71-79(4,5)6)78-76(80)69-66-63-60-57-54-51-48-46-44-42-40-37-35-33-31-29-26-23-20-17-14-11-8-2/h10,13,19,22,28-31,34,36,39,41,45,47,65,68,74-75H,7-9,11-12,14-18,20-21,23-27,32-33,35,37-38,40,42-44,46,48-64,66-67,69-73H2,1-6H3,(H-,78,80,82,83)/p+1/b13-10-,22-19-,30-28-,31-29+,36-34-,41-39-,47-45-,68-65+. The third-order valence-electron chi connectivity index (χ3n) is 16.0. The lowest BCUT2D eigenvalue weighted by Crippen LogP contribution is -2.47. The molecule has 3 unspecified atom stereocenters. The maximum Gasteiger partial charge on any atom is 0.472 e. The Hall–Kier alpha value is -3.07. The van der Waals surface area contributed by atoms with Crippen LogP contribution in [0.4, 0.5) is 0 Å². The zero-order valence-corrected chi connectivity index (χ0v) is 58.6. The van der Waals surface area contributed by atoms with E-state index in [1.807, 2.05) is 33.3 Å². The lowest BCUT2D eigenvalue weighted by molar-refractivity contribution is -0.870. The van der Waals surface area contributed by atoms with E-state index in [1.165, 1.54) is 173 Å². The monoisotopic (exact) mass is 1240 g/mol. The number of ether oxygens (including phenoxy) is 1. The SMILES string of the molecule is CC/C=C\C/C=C\C/C=C\C/C=C\C/C=C\C/C=C\CCCCCCCCC(=O)OC(/C=C/CCCCCCCCCCCCC)C(COP(=O)(O)OCC[N+](C)(C)C)NC(=O)CCCCCCCCCCCCCCC/C=C/CCCCCCCC. The van der Waals surface area contributed by atoms with Gasteiger partial charge in [0.2, 0.25) is 5.91 Å². The van der Waals surface area contributed by atoms with Crippen molar-refractivity contribution in [3.05, 3.63) is 97.2 Å². The van der Waals surface area contributed by atoms with E-state index in [1.54, 1.807) is 0 Å². The molecule has 9 nitrogen and oxygen atoms in total. The topological polar surface area (TPSA) is 111 Å². The van der Waals surface area contributed by atoms with Crippen LogP contribution in [0.25, 0.3) is 0 Å². The molecule has 504 valence electrons. The van der Waals surface area contributed by atoms with E-state index in [2.05, 4.69) is 111 Å². The number of quaternary nitrogens is 1. The van der Waals surface area contributed by atoms with Crippen molar-refractivity contribution in [3.8, 4) is 0 Å². The number of hydrogen-bond donors (Lipinski definition) is 2. The van der Waals surface area contributed by atoms with E-state index in [4.69, 9.17) is 13.8 Å². The van der Waals surface area contributed by atoms with Crippen molar-refractivity contribution in [2.45, 2.75) is 341 Å². The number of nitrogens with one attached hydrogen (secondary N) is 1. The van der Waals surface area contributed by atoms with Gasteiger partial charge in [0, 0.05) is 12.8 Å². The van der Waals surface area contributed by atoms with Crippen molar-refractivity contribution < 1.29 is 37.3 Å². The van der Waals surface area contributed by atoms with Gasteiger partial charge in [-0.25, -0.2) is 4.57 Å². The van der Waals surface area contributed by atoms with Crippen molar-refractivity contribution in [3.63, 3.8) is 0 Å². The zero-order chi connectivity index (χ0) is 63.5. The number of likely N-dealkylation sites (N-methyl/N-ethyl adjacent to an activating group) is 1. The maximum atomic E-state index is 13.6. The molecule has 2 N–H and O–H groups in total. The Morgan fingerprint density at radius 2 is 0.736 bits per heavy atom. The maximum absolute atomic E-state index is 13.6. The number of rotatable bonds is 66. The molecule has 0 aliphatic rings. The van der Waals surface area contributed by atoms with Crippen LogP contribution in [0, 0.1) is 0 Å². The fraction of sp³-hybridized carbons (Fsp3) is 0.766. The molecular formula is C77H140N2O7P+. The highest BCUT2D eigenvalue weighted by atomic mass is 31.2. The van der Waals surface area contributed by atoms with Gasteiger partial charge in [0.1, 0.15) is 19.3 Å². The van der Waals surface area contributed by atoms with E-state index in [0.717, 1.165) is 122 Å². The quantitative estimate of drug-likeness (QED) is 0.0205. The van der Waals surface area contributed by atoms with Crippen molar-refractivity contribution in [1.29, 1.82) is 0 Å². The number of unbranched alkanes of at least 4 members (excludes halogenated alkanes) is 36. The first-order chi connectivity index (χ1) is 42.4. The molecule has 87 heavy (non-hydrogen) atoms. The minimum Gasteiger partial charge on any atom is -0.456 e. The first kappa shape index (κ1) is 83.9. The molecule has 0 saturated carbocycles. The predicted molar refractivity (Wildman–Crippen MR) is 378 cm³/mol. The van der Waals surface area contributed by atoms with Crippen molar-refractivity contribution >= 4 is 19.7 Å². The minimum atomic E-state index is -4.46. The Bertz CT molecular complexity index is 1810. The molecule has 3 atom stereocenters. The van der Waals surface area contributed by atoms with Crippen molar-refractivity contribution in [2.75, 3.05) is 40.9 Å². The van der Waals surface area contributed by atoms with Crippen molar-refractivity contribution in [1.82, 2.24) is 5.32 Å². The molecule has 0 spiro atoms. The summed E-state index contributed by atoms with van der Waals surface area (Å²) in [5.41, 5.74) is 0. The molecule has 0 aromatic carbocycles. The van der Waals surface area contributed by atoms with Crippen LogP contribution in [-0.4, -0.2) is 74.3 Å². The molecule has 0 fully saturated rings. The number of carbonyl (C=O) groups is 2. The molecule has 0 aromatic heterocycles. The van der Waals surface area contributed by atoms with Crippen LogP contribution in [0.5, 0.6) is 0 Å². The van der Waals surface area contributed by atoms with E-state index in [0.29, 0.717) is 17.4 Å². The van der Waals surface area contributed by atoms with E-state index in [9.17, 15) is 19.0 Å². The van der Waals surface area contributed by atoms with Gasteiger partial charge in [-0.1, -0.05) is 305 Å². The Labute approximate surface area is 538 Å². The summed E-state index contributed by atoms with van der Waals surface area (Å²) in [5, 5.41) is 3.07. The lowest BCUT2D eigenvalue weighted by atomic mass is 10.0. The normalized spacial score (nSPS) is 14.1. The largest absolute Gasteiger partial charge is 0.472 e. The lowest BCUT2D eigenvalue weighted by Gasteiger charge is -2.27. The third kappa shape index (κ3) is 67.2. The summed E-state index contributed by atoms with van der Waals surface area (Å²) in [4.78, 5) is 38.0. The Morgan fingerprint density at radius 1 is 0.414 bits per heavy atom. The van der Waals surface area contributed by atoms with Gasteiger partial charge < -0.3 is 19.4 Å². The first-order valence-electron chi connectivity index (χ1n) is 36.6. The molecule has 0 bridgehead atoms. The molecule has 0 aliphatic heterocycles. The number of esters is 1. The van der Waals surface area contributed by atoms with E-state index >= 15 is 0 Å². The highest BCUT2D eigenvalue weighted by molar-refractivity contribution is 7.47. The van der Waals surface area contributed by atoms with Crippen LogP contribution in [0.15, 0.2) is 97.2 Å². The van der Waals surface area contributed by atoms with Gasteiger partial charge in [-0.05, 0) is 109 Å². The second-order valence-electron chi connectivity index (χ2n) is 25.7. The van der Waals surface area contributed by atoms with Gasteiger partial charge in [-0.2, -0.15) is 0 Å². The van der Waals surface area contributed by atoms with Crippen LogP contribution >= 0.6 is 7.82 Å². The molecule has 0 heterocycles. The summed E-state index contributed by atoms with van der Waals surface area (Å²) in [6.07, 6.45) is 89.9. The van der Waals surface area contributed by atoms with Gasteiger partial charge in [-0.3, -0.25) is 18.6 Å². The van der Waals surface area contributed by atoms with Gasteiger partial charge >= 0.3 is 13.8 Å². The van der Waals surface area contributed by atoms with Crippen LogP contribution in [0.2, 0.25) is 0 Å². The molecule has 0 radical (unpaired) electrons. The first-order valence-corrected chi connectivity index (χ1v) is 38.1. The average Bonchev–Trinajstić information content (AvgIpc) is 3.70. The van der Waals surface area contributed by atoms with Gasteiger partial charge in [0.05, 0.1) is 33.8 Å². The number of phosphoric acid groups is 1. The van der Waals surface area contributed by atoms with Crippen LogP contribution in [0.1, 0.15) is 329 Å². The molecule has 1 amide bonds. The average molecular weight is 1240 g/mol. The number of phosphoric ester groups is 1. The number of nitrogens with zero attached hydrogens (tertiary/aromatic N) is 1. The van der Waals surface area contributed by atoms with E-state index in [-0.39, 0.29) is 31.5 Å². The van der Waals surface area contributed by atoms with Crippen LogP contribution in [0.3, 0.4) is 0 Å². The second-order valence-corrected chi connectivity index (χ2v) is 27.2. The second kappa shape index (κ2) is 65.9. The van der Waals surface area contributed by atoms with Gasteiger partial charge in [0.15, 0.2) is 0 Å². The van der Waals surface area contributed by atoms with Crippen LogP contribution < -0.4 is 5.32 Å². The molecule has 0 aliphatic carbocycles. The molecule has 10 heteroatoms. The van der Waals surface area contributed by atoms with Crippen LogP contribution in [-0.2, 0) is 27.9 Å². The molecule has 0 saturated heterocycles. The van der Waals surface area contributed by atoms with E-state index < -0.39 is 20.0 Å². The fourth-order valence-corrected chi connectivity index (χ4v) is 11.1. The predicted octanol–water partition coefficient (Wildman–Crippen LogP) is 23.5. The fourth-order valence-electron chi connectivity index (χ4n) is 10.4. The molecule has 0 rings (SSSR count). The Morgan fingerprint density at radius 3 is 1.11 bits per heavy atom. The minimum absolute atomic E-state index is 0.0346. The Kier molecular flexibility index (Phi) is 63.5. The summed E-state index contributed by atoms with van der Waals surface area (Å²) in [6, 6.07) is -0.861. The van der Waals surface area contributed by atoms with Gasteiger partial charge in [0.25, 0.3) is 0 Å². The highest BCUT2D eigenvalue weighted by Gasteiger charge is 2.30. The third-order valence-corrected chi connectivity index (χ3v) is 17.0. The summed E-state index contributed by atoms with van der Waals surface area (Å²) >= 11 is 0. The van der Waals surface area contributed by atoms with Crippen molar-refractivity contribution in [2.24, 2.45) is 0 Å². The number of amides is 1. The zero-order valence-electron chi connectivity index (χ0n) is 57.7. The molecule has 0 aromatic rings.